The van der Waals surface area contributed by atoms with Crippen LogP contribution in [0.4, 0.5) is 0 Å². The van der Waals surface area contributed by atoms with Gasteiger partial charge in [0.05, 0.1) is 12.3 Å². The fourth-order valence-corrected chi connectivity index (χ4v) is 2.81. The third-order valence-corrected chi connectivity index (χ3v) is 3.98. The van der Waals surface area contributed by atoms with Crippen molar-refractivity contribution in [2.75, 3.05) is 19.7 Å². The van der Waals surface area contributed by atoms with Crippen molar-refractivity contribution in [2.45, 2.75) is 13.5 Å². The zero-order chi connectivity index (χ0) is 14.4. The van der Waals surface area contributed by atoms with Crippen molar-refractivity contribution in [1.29, 1.82) is 0 Å². The molecule has 106 valence electrons. The van der Waals surface area contributed by atoms with E-state index in [1.165, 1.54) is 5.56 Å². The van der Waals surface area contributed by atoms with Crippen molar-refractivity contribution < 1.29 is 5.11 Å². The van der Waals surface area contributed by atoms with Crippen molar-refractivity contribution in [2.24, 2.45) is 0 Å². The fraction of sp³-hybridized carbons (Fsp3) is 0.312. The Morgan fingerprint density at radius 3 is 2.75 bits per heavy atom. The van der Waals surface area contributed by atoms with Gasteiger partial charge in [-0.1, -0.05) is 35.9 Å². The topological polar surface area (TPSA) is 36.4 Å². The Morgan fingerprint density at radius 2 is 2.10 bits per heavy atom. The van der Waals surface area contributed by atoms with Crippen LogP contribution in [0.25, 0.3) is 10.6 Å². The third-order valence-electron chi connectivity index (χ3n) is 3.04. The molecular formula is C16H20N2OS. The van der Waals surface area contributed by atoms with Gasteiger partial charge in [0.25, 0.3) is 0 Å². The maximum absolute atomic E-state index is 9.06. The number of aliphatic hydroxyl groups excluding tert-OH is 1. The van der Waals surface area contributed by atoms with Gasteiger partial charge in [-0.3, -0.25) is 4.90 Å². The van der Waals surface area contributed by atoms with Gasteiger partial charge in [0.2, 0.25) is 0 Å². The van der Waals surface area contributed by atoms with E-state index in [1.54, 1.807) is 11.3 Å². The van der Waals surface area contributed by atoms with Crippen LogP contribution in [0.1, 0.15) is 11.3 Å². The third kappa shape index (κ3) is 4.00. The molecule has 0 fully saturated rings. The number of hydrogen-bond donors (Lipinski definition) is 1. The van der Waals surface area contributed by atoms with Crippen LogP contribution in [-0.4, -0.2) is 34.7 Å². The lowest BCUT2D eigenvalue weighted by atomic mass is 10.2. The van der Waals surface area contributed by atoms with Gasteiger partial charge in [0.15, 0.2) is 0 Å². The summed E-state index contributed by atoms with van der Waals surface area (Å²) in [5.41, 5.74) is 3.45. The molecular weight excluding hydrogens is 268 g/mol. The van der Waals surface area contributed by atoms with Crippen molar-refractivity contribution in [3.8, 4) is 10.6 Å². The molecule has 2 rings (SSSR count). The van der Waals surface area contributed by atoms with Crippen LogP contribution in [0.2, 0.25) is 0 Å². The molecule has 0 saturated heterocycles. The predicted molar refractivity (Wildman–Crippen MR) is 84.8 cm³/mol. The molecule has 1 N–H and O–H groups in total. The Kier molecular flexibility index (Phi) is 5.47. The van der Waals surface area contributed by atoms with Crippen molar-refractivity contribution in [3.05, 3.63) is 53.6 Å². The fourth-order valence-electron chi connectivity index (χ4n) is 2.00. The number of hydrogen-bond acceptors (Lipinski definition) is 4. The van der Waals surface area contributed by atoms with Crippen LogP contribution < -0.4 is 0 Å². The van der Waals surface area contributed by atoms with Gasteiger partial charge in [-0.05, 0) is 6.92 Å². The molecule has 0 amide bonds. The average molecular weight is 288 g/mol. The second-order valence-corrected chi connectivity index (χ2v) is 5.62. The molecule has 4 heteroatoms. The van der Waals surface area contributed by atoms with Gasteiger partial charge in [-0.25, -0.2) is 4.98 Å². The van der Waals surface area contributed by atoms with Gasteiger partial charge in [0, 0.05) is 30.6 Å². The van der Waals surface area contributed by atoms with E-state index in [4.69, 9.17) is 5.11 Å². The van der Waals surface area contributed by atoms with E-state index in [9.17, 15) is 0 Å². The van der Waals surface area contributed by atoms with Gasteiger partial charge in [-0.2, -0.15) is 0 Å². The zero-order valence-corrected chi connectivity index (χ0v) is 12.6. The van der Waals surface area contributed by atoms with E-state index in [-0.39, 0.29) is 6.61 Å². The quantitative estimate of drug-likeness (QED) is 0.795. The molecule has 20 heavy (non-hydrogen) atoms. The molecule has 0 unspecified atom stereocenters. The summed E-state index contributed by atoms with van der Waals surface area (Å²) < 4.78 is 0. The standard InChI is InChI=1S/C16H20N2OS/c1-3-8-18(9-10-19)11-15-12-20-16(17-15)14-6-4-13(2)5-7-14/h3-7,12,19H,1,8-11H2,2H3. The number of rotatable bonds is 7. The van der Waals surface area contributed by atoms with Crippen LogP contribution in [-0.2, 0) is 6.54 Å². The highest BCUT2D eigenvalue weighted by Gasteiger charge is 2.08. The molecule has 3 nitrogen and oxygen atoms in total. The Morgan fingerprint density at radius 1 is 1.35 bits per heavy atom. The minimum atomic E-state index is 0.156. The minimum absolute atomic E-state index is 0.156. The first kappa shape index (κ1) is 14.9. The average Bonchev–Trinajstić information content (AvgIpc) is 2.89. The van der Waals surface area contributed by atoms with Crippen molar-refractivity contribution >= 4 is 11.3 Å². The molecule has 0 aliphatic heterocycles. The lowest BCUT2D eigenvalue weighted by Crippen LogP contribution is -2.26. The molecule has 0 radical (unpaired) electrons. The highest BCUT2D eigenvalue weighted by molar-refractivity contribution is 7.13. The number of benzene rings is 1. The molecule has 1 heterocycles. The number of nitrogens with zero attached hydrogens (tertiary/aromatic N) is 2. The highest BCUT2D eigenvalue weighted by Crippen LogP contribution is 2.24. The summed E-state index contributed by atoms with van der Waals surface area (Å²) >= 11 is 1.66. The van der Waals surface area contributed by atoms with E-state index < -0.39 is 0 Å². The van der Waals surface area contributed by atoms with Crippen LogP contribution in [0, 0.1) is 6.92 Å². The number of aryl methyl sites for hydroxylation is 1. The maximum atomic E-state index is 9.06. The number of aliphatic hydroxyl groups is 1. The Labute approximate surface area is 124 Å². The van der Waals surface area contributed by atoms with Crippen LogP contribution in [0.3, 0.4) is 0 Å². The van der Waals surface area contributed by atoms with Gasteiger partial charge >= 0.3 is 0 Å². The second-order valence-electron chi connectivity index (χ2n) is 4.76. The first-order valence-corrected chi connectivity index (χ1v) is 7.56. The molecule has 0 bridgehead atoms. The molecule has 0 aliphatic carbocycles. The summed E-state index contributed by atoms with van der Waals surface area (Å²) in [7, 11) is 0. The van der Waals surface area contributed by atoms with Crippen LogP contribution in [0.5, 0.6) is 0 Å². The minimum Gasteiger partial charge on any atom is -0.395 e. The zero-order valence-electron chi connectivity index (χ0n) is 11.7. The summed E-state index contributed by atoms with van der Waals surface area (Å²) in [6.45, 7) is 8.13. The Balaban J connectivity index is 2.08. The molecule has 0 atom stereocenters. The van der Waals surface area contributed by atoms with Gasteiger partial charge in [0.1, 0.15) is 5.01 Å². The summed E-state index contributed by atoms with van der Waals surface area (Å²) in [5.74, 6) is 0. The summed E-state index contributed by atoms with van der Waals surface area (Å²) in [5, 5.41) is 12.2. The van der Waals surface area contributed by atoms with E-state index in [2.05, 4.69) is 53.0 Å². The van der Waals surface area contributed by atoms with Gasteiger partial charge in [-0.15, -0.1) is 17.9 Å². The smallest absolute Gasteiger partial charge is 0.123 e. The largest absolute Gasteiger partial charge is 0.395 e. The normalized spacial score (nSPS) is 10.9. The predicted octanol–water partition coefficient (Wildman–Crippen LogP) is 3.10. The van der Waals surface area contributed by atoms with Gasteiger partial charge < -0.3 is 5.11 Å². The second kappa shape index (κ2) is 7.33. The summed E-state index contributed by atoms with van der Waals surface area (Å²) in [4.78, 5) is 6.80. The van der Waals surface area contributed by atoms with Crippen LogP contribution in [0.15, 0.2) is 42.3 Å². The molecule has 0 aliphatic rings. The molecule has 1 aromatic heterocycles. The first-order valence-electron chi connectivity index (χ1n) is 6.68. The van der Waals surface area contributed by atoms with E-state index >= 15 is 0 Å². The summed E-state index contributed by atoms with van der Waals surface area (Å²) in [6, 6.07) is 8.42. The van der Waals surface area contributed by atoms with Crippen molar-refractivity contribution in [3.63, 3.8) is 0 Å². The lowest BCUT2D eigenvalue weighted by Gasteiger charge is -2.17. The molecule has 1 aromatic carbocycles. The van der Waals surface area contributed by atoms with Crippen molar-refractivity contribution in [1.82, 2.24) is 9.88 Å². The maximum Gasteiger partial charge on any atom is 0.123 e. The molecule has 0 saturated carbocycles. The molecule has 0 spiro atoms. The Bertz CT molecular complexity index is 548. The monoisotopic (exact) mass is 288 g/mol. The van der Waals surface area contributed by atoms with E-state index in [0.29, 0.717) is 6.54 Å². The lowest BCUT2D eigenvalue weighted by molar-refractivity contribution is 0.202. The highest BCUT2D eigenvalue weighted by atomic mass is 32.1. The number of thiazole rings is 1. The van der Waals surface area contributed by atoms with E-state index in [0.717, 1.165) is 29.4 Å². The SMILES string of the molecule is C=CCN(CCO)Cc1csc(-c2ccc(C)cc2)n1. The van der Waals surface area contributed by atoms with Crippen LogP contribution >= 0.6 is 11.3 Å². The summed E-state index contributed by atoms with van der Waals surface area (Å²) in [6.07, 6.45) is 1.85. The number of aromatic nitrogens is 1. The molecule has 2 aromatic rings. The van der Waals surface area contributed by atoms with E-state index in [1.807, 2.05) is 6.08 Å². The Hall–Kier alpha value is -1.49. The first-order chi connectivity index (χ1) is 9.72.